The molecule has 0 spiro atoms. The lowest BCUT2D eigenvalue weighted by atomic mass is 10.1. The number of benzene rings is 1. The number of ether oxygens (including phenoxy) is 1. The van der Waals surface area contributed by atoms with Crippen LogP contribution in [-0.2, 0) is 9.53 Å². The predicted octanol–water partition coefficient (Wildman–Crippen LogP) is 2.87. The minimum Gasteiger partial charge on any atom is -0.450 e. The van der Waals surface area contributed by atoms with E-state index >= 15 is 0 Å². The van der Waals surface area contributed by atoms with Gasteiger partial charge in [0.2, 0.25) is 5.91 Å². The number of carbonyl (C=O) groups is 2. The molecule has 0 radical (unpaired) electrons. The van der Waals surface area contributed by atoms with E-state index in [9.17, 15) is 14.0 Å². The Labute approximate surface area is 167 Å². The molecule has 1 aliphatic heterocycles. The first kappa shape index (κ1) is 20.3. The topological polar surface area (TPSA) is 61.9 Å². The van der Waals surface area contributed by atoms with Crippen molar-refractivity contribution in [1.82, 2.24) is 15.1 Å². The number of amides is 2. The molecule has 1 aromatic carbocycles. The van der Waals surface area contributed by atoms with E-state index in [4.69, 9.17) is 4.74 Å². The Morgan fingerprint density at radius 1 is 1.18 bits per heavy atom. The zero-order chi connectivity index (χ0) is 19.9. The van der Waals surface area contributed by atoms with Gasteiger partial charge in [-0.3, -0.25) is 9.69 Å². The summed E-state index contributed by atoms with van der Waals surface area (Å²) >= 11 is 1.55. The third kappa shape index (κ3) is 5.30. The molecule has 0 saturated carbocycles. The Balaban J connectivity index is 1.58. The van der Waals surface area contributed by atoms with E-state index in [2.05, 4.69) is 5.32 Å². The summed E-state index contributed by atoms with van der Waals surface area (Å²) in [6.07, 6.45) is -0.305. The van der Waals surface area contributed by atoms with Crippen molar-refractivity contribution in [1.29, 1.82) is 0 Å². The van der Waals surface area contributed by atoms with Crippen molar-refractivity contribution < 1.29 is 18.7 Å². The van der Waals surface area contributed by atoms with E-state index in [0.29, 0.717) is 32.8 Å². The Morgan fingerprint density at radius 3 is 2.50 bits per heavy atom. The van der Waals surface area contributed by atoms with Crippen molar-refractivity contribution in [3.05, 3.63) is 58.0 Å². The van der Waals surface area contributed by atoms with Crippen molar-refractivity contribution in [2.45, 2.75) is 13.0 Å². The van der Waals surface area contributed by atoms with Crippen molar-refractivity contribution in [2.24, 2.45) is 0 Å². The Kier molecular flexibility index (Phi) is 7.00. The molecule has 2 amide bonds. The standard InChI is InChI=1S/C20H24FN3O3S/c1-2-27-20(26)24-11-9-23(10-12-24)14-18(25)22-19(17-4-3-13-28-17)15-5-7-16(21)8-6-15/h3-8,13,19H,2,9-12,14H2,1H3,(H,22,25)/t19-/m0/s1. The molecule has 0 aliphatic carbocycles. The predicted molar refractivity (Wildman–Crippen MR) is 106 cm³/mol. The summed E-state index contributed by atoms with van der Waals surface area (Å²) < 4.78 is 18.3. The Morgan fingerprint density at radius 2 is 1.89 bits per heavy atom. The molecule has 1 N–H and O–H groups in total. The molecule has 0 bridgehead atoms. The molecule has 3 rings (SSSR count). The van der Waals surface area contributed by atoms with Crippen LogP contribution in [0.4, 0.5) is 9.18 Å². The molecule has 1 aromatic heterocycles. The number of thiophene rings is 1. The number of hydrogen-bond donors (Lipinski definition) is 1. The molecule has 1 atom stereocenters. The zero-order valence-electron chi connectivity index (χ0n) is 15.8. The second kappa shape index (κ2) is 9.66. The third-order valence-corrected chi connectivity index (χ3v) is 5.54. The molecule has 6 nitrogen and oxygen atoms in total. The largest absolute Gasteiger partial charge is 0.450 e. The maximum atomic E-state index is 13.3. The van der Waals surface area contributed by atoms with Crippen LogP contribution in [-0.4, -0.2) is 61.1 Å². The van der Waals surface area contributed by atoms with Gasteiger partial charge in [-0.2, -0.15) is 0 Å². The summed E-state index contributed by atoms with van der Waals surface area (Å²) in [5.74, 6) is -0.410. The van der Waals surface area contributed by atoms with Gasteiger partial charge in [-0.25, -0.2) is 9.18 Å². The number of carbonyl (C=O) groups excluding carboxylic acids is 2. The van der Waals surface area contributed by atoms with E-state index in [-0.39, 0.29) is 30.4 Å². The third-order valence-electron chi connectivity index (χ3n) is 4.60. The Hall–Kier alpha value is -2.45. The van der Waals surface area contributed by atoms with Crippen LogP contribution in [0.25, 0.3) is 0 Å². The average Bonchev–Trinajstić information content (AvgIpc) is 3.22. The lowest BCUT2D eigenvalue weighted by Crippen LogP contribution is -2.51. The van der Waals surface area contributed by atoms with Crippen molar-refractivity contribution in [2.75, 3.05) is 39.3 Å². The summed E-state index contributed by atoms with van der Waals surface area (Å²) in [6.45, 7) is 4.70. The normalized spacial score (nSPS) is 15.9. The van der Waals surface area contributed by atoms with Gasteiger partial charge < -0.3 is 15.0 Å². The molecular weight excluding hydrogens is 381 g/mol. The number of nitrogens with zero attached hydrogens (tertiary/aromatic N) is 2. The summed E-state index contributed by atoms with van der Waals surface area (Å²) in [7, 11) is 0. The summed E-state index contributed by atoms with van der Waals surface area (Å²) in [4.78, 5) is 29.1. The first-order valence-electron chi connectivity index (χ1n) is 9.29. The quantitative estimate of drug-likeness (QED) is 0.803. The maximum absolute atomic E-state index is 13.3. The molecular formula is C20H24FN3O3S. The van der Waals surface area contributed by atoms with E-state index in [0.717, 1.165) is 10.4 Å². The second-order valence-corrected chi connectivity index (χ2v) is 7.51. The zero-order valence-corrected chi connectivity index (χ0v) is 16.6. The van der Waals surface area contributed by atoms with Gasteiger partial charge in [0.05, 0.1) is 19.2 Å². The van der Waals surface area contributed by atoms with Crippen LogP contribution < -0.4 is 5.32 Å². The van der Waals surface area contributed by atoms with Gasteiger partial charge in [0.15, 0.2) is 0 Å². The molecule has 2 aromatic rings. The highest BCUT2D eigenvalue weighted by Gasteiger charge is 2.24. The second-order valence-electron chi connectivity index (χ2n) is 6.53. The molecule has 28 heavy (non-hydrogen) atoms. The van der Waals surface area contributed by atoms with E-state index < -0.39 is 0 Å². The molecule has 1 fully saturated rings. The fraction of sp³-hybridized carbons (Fsp3) is 0.400. The van der Waals surface area contributed by atoms with Gasteiger partial charge in [0.1, 0.15) is 5.82 Å². The van der Waals surface area contributed by atoms with Gasteiger partial charge in [0, 0.05) is 31.1 Å². The number of piperazine rings is 1. The van der Waals surface area contributed by atoms with Gasteiger partial charge in [-0.15, -0.1) is 11.3 Å². The molecule has 1 saturated heterocycles. The van der Waals surface area contributed by atoms with Gasteiger partial charge in [-0.05, 0) is 36.1 Å². The lowest BCUT2D eigenvalue weighted by molar-refractivity contribution is -0.123. The minimum atomic E-state index is -0.311. The molecule has 150 valence electrons. The van der Waals surface area contributed by atoms with E-state index in [1.54, 1.807) is 35.3 Å². The van der Waals surface area contributed by atoms with Crippen molar-refractivity contribution in [3.63, 3.8) is 0 Å². The van der Waals surface area contributed by atoms with Crippen molar-refractivity contribution >= 4 is 23.3 Å². The number of hydrogen-bond acceptors (Lipinski definition) is 5. The monoisotopic (exact) mass is 405 g/mol. The summed E-state index contributed by atoms with van der Waals surface area (Å²) in [5.41, 5.74) is 0.837. The summed E-state index contributed by atoms with van der Waals surface area (Å²) in [6, 6.07) is 9.76. The fourth-order valence-electron chi connectivity index (χ4n) is 3.14. The fourth-order valence-corrected chi connectivity index (χ4v) is 3.95. The highest BCUT2D eigenvalue weighted by molar-refractivity contribution is 7.10. The van der Waals surface area contributed by atoms with E-state index in [1.807, 2.05) is 22.4 Å². The van der Waals surface area contributed by atoms with Gasteiger partial charge in [-0.1, -0.05) is 18.2 Å². The summed E-state index contributed by atoms with van der Waals surface area (Å²) in [5, 5.41) is 5.01. The number of nitrogens with one attached hydrogen (secondary N) is 1. The SMILES string of the molecule is CCOC(=O)N1CCN(CC(=O)N[C@@H](c2ccc(F)cc2)c2cccs2)CC1. The molecule has 2 heterocycles. The van der Waals surface area contributed by atoms with Crippen LogP contribution in [0.15, 0.2) is 41.8 Å². The average molecular weight is 405 g/mol. The smallest absolute Gasteiger partial charge is 0.409 e. The van der Waals surface area contributed by atoms with Crippen LogP contribution in [0.3, 0.4) is 0 Å². The van der Waals surface area contributed by atoms with Crippen LogP contribution in [0.1, 0.15) is 23.4 Å². The van der Waals surface area contributed by atoms with E-state index in [1.165, 1.54) is 12.1 Å². The van der Waals surface area contributed by atoms with Crippen LogP contribution in [0.2, 0.25) is 0 Å². The number of halogens is 1. The number of rotatable bonds is 6. The highest BCUT2D eigenvalue weighted by atomic mass is 32.1. The minimum absolute atomic E-state index is 0.104. The van der Waals surface area contributed by atoms with Crippen LogP contribution in [0, 0.1) is 5.82 Å². The maximum Gasteiger partial charge on any atom is 0.409 e. The van der Waals surface area contributed by atoms with Crippen LogP contribution >= 0.6 is 11.3 Å². The highest BCUT2D eigenvalue weighted by Crippen LogP contribution is 2.26. The molecule has 1 aliphatic rings. The van der Waals surface area contributed by atoms with Crippen LogP contribution in [0.5, 0.6) is 0 Å². The first-order chi connectivity index (χ1) is 13.6. The first-order valence-corrected chi connectivity index (χ1v) is 10.2. The van der Waals surface area contributed by atoms with Gasteiger partial charge >= 0.3 is 6.09 Å². The molecule has 8 heteroatoms. The Bertz CT molecular complexity index is 775. The van der Waals surface area contributed by atoms with Crippen molar-refractivity contribution in [3.8, 4) is 0 Å². The lowest BCUT2D eigenvalue weighted by Gasteiger charge is -2.33. The van der Waals surface area contributed by atoms with Gasteiger partial charge in [0.25, 0.3) is 0 Å². The molecule has 0 unspecified atom stereocenters.